The van der Waals surface area contributed by atoms with E-state index in [1.54, 1.807) is 0 Å². The first-order valence-electron chi connectivity index (χ1n) is 7.02. The second-order valence-electron chi connectivity index (χ2n) is 5.70. The van der Waals surface area contributed by atoms with E-state index in [-0.39, 0.29) is 5.92 Å². The van der Waals surface area contributed by atoms with E-state index in [0.29, 0.717) is 11.3 Å². The van der Waals surface area contributed by atoms with Crippen LogP contribution in [0.1, 0.15) is 47.0 Å². The Bertz CT molecular complexity index is 245. The summed E-state index contributed by atoms with van der Waals surface area (Å²) in [5.74, 6) is 0.435. The maximum absolute atomic E-state index is 12.2. The fourth-order valence-electron chi connectivity index (χ4n) is 2.38. The molecule has 1 N–H and O–H groups in total. The maximum atomic E-state index is 12.2. The molecule has 1 saturated heterocycles. The van der Waals surface area contributed by atoms with Gasteiger partial charge in [-0.1, -0.05) is 34.1 Å². The first kappa shape index (κ1) is 14.5. The van der Waals surface area contributed by atoms with Crippen molar-refractivity contribution < 1.29 is 4.79 Å². The lowest BCUT2D eigenvalue weighted by atomic mass is 9.78. The number of hydrogen-bond acceptors (Lipinski definition) is 2. The summed E-state index contributed by atoms with van der Waals surface area (Å²) in [6, 6.07) is 0. The Morgan fingerprint density at radius 3 is 2.41 bits per heavy atom. The summed E-state index contributed by atoms with van der Waals surface area (Å²) in [5, 5.41) is 3.25. The van der Waals surface area contributed by atoms with E-state index in [2.05, 4.69) is 31.0 Å². The van der Waals surface area contributed by atoms with E-state index in [4.69, 9.17) is 0 Å². The van der Waals surface area contributed by atoms with Gasteiger partial charge in [0.25, 0.3) is 0 Å². The van der Waals surface area contributed by atoms with Crippen molar-refractivity contribution in [2.24, 2.45) is 11.3 Å². The van der Waals surface area contributed by atoms with Crippen LogP contribution in [0.15, 0.2) is 0 Å². The Kier molecular flexibility index (Phi) is 5.44. The highest BCUT2D eigenvalue weighted by Gasteiger charge is 2.31. The third-order valence-corrected chi connectivity index (χ3v) is 4.26. The van der Waals surface area contributed by atoms with Crippen LogP contribution in [-0.4, -0.2) is 37.0 Å². The van der Waals surface area contributed by atoms with Crippen molar-refractivity contribution in [3.63, 3.8) is 0 Å². The number of amides is 1. The molecule has 17 heavy (non-hydrogen) atoms. The molecule has 0 saturated carbocycles. The molecule has 0 aliphatic carbocycles. The third-order valence-electron chi connectivity index (χ3n) is 4.26. The van der Waals surface area contributed by atoms with Crippen LogP contribution in [0.25, 0.3) is 0 Å². The van der Waals surface area contributed by atoms with Crippen LogP contribution >= 0.6 is 0 Å². The van der Waals surface area contributed by atoms with Crippen LogP contribution in [0.2, 0.25) is 0 Å². The normalized spacial score (nSPS) is 21.3. The van der Waals surface area contributed by atoms with Crippen molar-refractivity contribution >= 4 is 5.91 Å². The number of carbonyl (C=O) groups is 1. The molecule has 1 aliphatic heterocycles. The molecule has 0 aromatic heterocycles. The van der Waals surface area contributed by atoms with E-state index in [1.165, 1.54) is 6.42 Å². The molecule has 0 aromatic rings. The molecule has 0 spiro atoms. The number of nitrogens with one attached hydrogen (secondary N) is 1. The van der Waals surface area contributed by atoms with Crippen LogP contribution in [0.4, 0.5) is 0 Å². The molecule has 100 valence electrons. The van der Waals surface area contributed by atoms with Gasteiger partial charge in [0.1, 0.15) is 0 Å². The summed E-state index contributed by atoms with van der Waals surface area (Å²) in [5.41, 5.74) is 0.460. The predicted octanol–water partition coefficient (Wildman–Crippen LogP) is 2.27. The molecule has 1 heterocycles. The van der Waals surface area contributed by atoms with Gasteiger partial charge in [-0.15, -0.1) is 0 Å². The lowest BCUT2D eigenvalue weighted by molar-refractivity contribution is -0.137. The minimum absolute atomic E-state index is 0.112. The van der Waals surface area contributed by atoms with Gasteiger partial charge in [0, 0.05) is 25.6 Å². The average Bonchev–Trinajstić information content (AvgIpc) is 2.36. The molecule has 1 atom stereocenters. The van der Waals surface area contributed by atoms with Gasteiger partial charge in [-0.25, -0.2) is 0 Å². The Morgan fingerprint density at radius 1 is 1.35 bits per heavy atom. The third kappa shape index (κ3) is 3.98. The SMILES string of the molecule is CCNCC(C)C(=O)N1CCC(C)(CC)CC1. The summed E-state index contributed by atoms with van der Waals surface area (Å²) in [6.07, 6.45) is 3.54. The van der Waals surface area contributed by atoms with E-state index < -0.39 is 0 Å². The van der Waals surface area contributed by atoms with Crippen molar-refractivity contribution in [1.82, 2.24) is 10.2 Å². The van der Waals surface area contributed by atoms with Gasteiger partial charge >= 0.3 is 0 Å². The molecule has 3 heteroatoms. The highest BCUT2D eigenvalue weighted by Crippen LogP contribution is 2.34. The number of piperidine rings is 1. The topological polar surface area (TPSA) is 32.3 Å². The fourth-order valence-corrected chi connectivity index (χ4v) is 2.38. The summed E-state index contributed by atoms with van der Waals surface area (Å²) >= 11 is 0. The zero-order valence-electron chi connectivity index (χ0n) is 11.9. The maximum Gasteiger partial charge on any atom is 0.226 e. The van der Waals surface area contributed by atoms with Crippen LogP contribution < -0.4 is 5.32 Å². The molecule has 0 bridgehead atoms. The standard InChI is InChI=1S/C14H28N2O/c1-5-14(4)7-9-16(10-8-14)13(17)12(3)11-15-6-2/h12,15H,5-11H2,1-4H3. The molecule has 1 unspecified atom stereocenters. The number of rotatable bonds is 5. The smallest absolute Gasteiger partial charge is 0.226 e. The van der Waals surface area contributed by atoms with E-state index >= 15 is 0 Å². The van der Waals surface area contributed by atoms with E-state index in [9.17, 15) is 4.79 Å². The van der Waals surface area contributed by atoms with Gasteiger partial charge < -0.3 is 10.2 Å². The number of hydrogen-bond donors (Lipinski definition) is 1. The fraction of sp³-hybridized carbons (Fsp3) is 0.929. The van der Waals surface area contributed by atoms with Crippen LogP contribution in [0.5, 0.6) is 0 Å². The van der Waals surface area contributed by atoms with Gasteiger partial charge in [0.2, 0.25) is 5.91 Å². The Balaban J connectivity index is 2.40. The summed E-state index contributed by atoms with van der Waals surface area (Å²) < 4.78 is 0. The van der Waals surface area contributed by atoms with E-state index in [1.807, 2.05) is 6.92 Å². The largest absolute Gasteiger partial charge is 0.342 e. The Hall–Kier alpha value is -0.570. The van der Waals surface area contributed by atoms with Crippen molar-refractivity contribution in [2.45, 2.75) is 47.0 Å². The monoisotopic (exact) mass is 240 g/mol. The predicted molar refractivity (Wildman–Crippen MR) is 71.9 cm³/mol. The second kappa shape index (κ2) is 6.39. The molecular weight excluding hydrogens is 212 g/mol. The second-order valence-corrected chi connectivity index (χ2v) is 5.70. The molecule has 1 fully saturated rings. The average molecular weight is 240 g/mol. The number of carbonyl (C=O) groups excluding carboxylic acids is 1. The van der Waals surface area contributed by atoms with Crippen molar-refractivity contribution in [1.29, 1.82) is 0 Å². The van der Waals surface area contributed by atoms with Gasteiger partial charge in [-0.3, -0.25) is 4.79 Å². The molecule has 1 aliphatic rings. The lowest BCUT2D eigenvalue weighted by Crippen LogP contribution is -2.45. The molecule has 0 aromatic carbocycles. The van der Waals surface area contributed by atoms with Crippen LogP contribution in [0, 0.1) is 11.3 Å². The molecule has 1 amide bonds. The summed E-state index contributed by atoms with van der Waals surface area (Å²) in [6.45, 7) is 12.3. The lowest BCUT2D eigenvalue weighted by Gasteiger charge is -2.39. The van der Waals surface area contributed by atoms with Gasteiger partial charge in [-0.05, 0) is 24.8 Å². The highest BCUT2D eigenvalue weighted by atomic mass is 16.2. The quantitative estimate of drug-likeness (QED) is 0.799. The van der Waals surface area contributed by atoms with Gasteiger partial charge in [-0.2, -0.15) is 0 Å². The highest BCUT2D eigenvalue weighted by molar-refractivity contribution is 5.78. The van der Waals surface area contributed by atoms with Crippen LogP contribution in [-0.2, 0) is 4.79 Å². The molecular formula is C14H28N2O. The first-order valence-corrected chi connectivity index (χ1v) is 7.02. The Morgan fingerprint density at radius 2 is 1.94 bits per heavy atom. The van der Waals surface area contributed by atoms with Crippen LogP contribution in [0.3, 0.4) is 0 Å². The van der Waals surface area contributed by atoms with Gasteiger partial charge in [0.05, 0.1) is 0 Å². The van der Waals surface area contributed by atoms with Crippen molar-refractivity contribution in [3.8, 4) is 0 Å². The number of nitrogens with zero attached hydrogens (tertiary/aromatic N) is 1. The summed E-state index contributed by atoms with van der Waals surface area (Å²) in [4.78, 5) is 14.2. The van der Waals surface area contributed by atoms with E-state index in [0.717, 1.165) is 39.0 Å². The minimum Gasteiger partial charge on any atom is -0.342 e. The first-order chi connectivity index (χ1) is 8.02. The molecule has 3 nitrogen and oxygen atoms in total. The molecule has 1 rings (SSSR count). The van der Waals surface area contributed by atoms with Crippen molar-refractivity contribution in [3.05, 3.63) is 0 Å². The van der Waals surface area contributed by atoms with Crippen molar-refractivity contribution in [2.75, 3.05) is 26.2 Å². The zero-order chi connectivity index (χ0) is 12.9. The zero-order valence-corrected chi connectivity index (χ0v) is 11.9. The summed E-state index contributed by atoms with van der Waals surface area (Å²) in [7, 11) is 0. The molecule has 0 radical (unpaired) electrons. The van der Waals surface area contributed by atoms with Gasteiger partial charge in [0.15, 0.2) is 0 Å². The minimum atomic E-state index is 0.112. The number of likely N-dealkylation sites (tertiary alicyclic amines) is 1. The Labute approximate surface area is 106 Å².